The third-order valence-corrected chi connectivity index (χ3v) is 6.35. The van der Waals surface area contributed by atoms with Crippen LogP contribution in [0.4, 0.5) is 14.9 Å². The van der Waals surface area contributed by atoms with E-state index in [1.165, 1.54) is 4.90 Å². The van der Waals surface area contributed by atoms with Crippen molar-refractivity contribution in [2.75, 3.05) is 57.3 Å². The van der Waals surface area contributed by atoms with E-state index in [2.05, 4.69) is 9.80 Å². The molecule has 152 valence electrons. The van der Waals surface area contributed by atoms with Crippen molar-refractivity contribution in [1.29, 1.82) is 0 Å². The van der Waals surface area contributed by atoms with Gasteiger partial charge in [-0.05, 0) is 24.0 Å². The molecule has 1 aromatic rings. The van der Waals surface area contributed by atoms with E-state index in [-0.39, 0.29) is 11.7 Å². The molecule has 28 heavy (non-hydrogen) atoms. The van der Waals surface area contributed by atoms with Crippen molar-refractivity contribution in [3.8, 4) is 0 Å². The Balaban J connectivity index is 1.34. The van der Waals surface area contributed by atoms with Crippen LogP contribution in [0.25, 0.3) is 0 Å². The number of hydrogen-bond donors (Lipinski definition) is 1. The number of rotatable bonds is 3. The van der Waals surface area contributed by atoms with Crippen LogP contribution in [-0.2, 0) is 11.3 Å². The zero-order valence-electron chi connectivity index (χ0n) is 16.2. The number of amides is 2. The first kappa shape index (κ1) is 19.0. The maximum Gasteiger partial charge on any atom is 0.407 e. The molecule has 0 bridgehead atoms. The summed E-state index contributed by atoms with van der Waals surface area (Å²) >= 11 is 0. The average Bonchev–Trinajstić information content (AvgIpc) is 3.22. The van der Waals surface area contributed by atoms with E-state index < -0.39 is 6.09 Å². The smallest absolute Gasteiger partial charge is 0.407 e. The molecule has 3 aliphatic heterocycles. The first-order valence-electron chi connectivity index (χ1n) is 9.90. The molecule has 0 saturated carbocycles. The van der Waals surface area contributed by atoms with Gasteiger partial charge in [-0.1, -0.05) is 6.07 Å². The maximum atomic E-state index is 14.7. The number of hydrogen-bond acceptors (Lipinski definition) is 4. The van der Waals surface area contributed by atoms with Gasteiger partial charge in [-0.2, -0.15) is 0 Å². The summed E-state index contributed by atoms with van der Waals surface area (Å²) in [4.78, 5) is 30.2. The number of benzene rings is 1. The zero-order valence-corrected chi connectivity index (χ0v) is 16.2. The van der Waals surface area contributed by atoms with Crippen LogP contribution in [0.2, 0.25) is 0 Å². The number of nitrogens with zero attached hydrogens (tertiary/aromatic N) is 4. The van der Waals surface area contributed by atoms with Crippen LogP contribution in [0, 0.1) is 17.7 Å². The number of fused-ring (bicyclic) bond motifs is 1. The fourth-order valence-corrected chi connectivity index (χ4v) is 4.76. The lowest BCUT2D eigenvalue weighted by Gasteiger charge is -2.35. The molecule has 7 nitrogen and oxygen atoms in total. The van der Waals surface area contributed by atoms with Gasteiger partial charge in [-0.3, -0.25) is 9.69 Å². The second-order valence-corrected chi connectivity index (χ2v) is 8.17. The average molecular weight is 390 g/mol. The minimum atomic E-state index is -0.841. The zero-order chi connectivity index (χ0) is 19.8. The SMILES string of the molecule is CC(=O)N1CCN(c2ccc(CN3CC4CN(C(=O)O)CC4C3)c(F)c2)CC1. The minimum absolute atomic E-state index is 0.0861. The highest BCUT2D eigenvalue weighted by molar-refractivity contribution is 5.73. The fraction of sp³-hybridized carbons (Fsp3) is 0.600. The Kier molecular flexibility index (Phi) is 5.14. The standard InChI is InChI=1S/C20H27FN4O3/c1-14(26)23-4-6-24(7-5-23)18-3-2-15(19(21)8-18)9-22-10-16-12-25(20(27)28)13-17(16)11-22/h2-3,8,16-17H,4-7,9-13H2,1H3,(H,27,28). The van der Waals surface area contributed by atoms with E-state index in [1.54, 1.807) is 13.0 Å². The van der Waals surface area contributed by atoms with E-state index in [1.807, 2.05) is 17.0 Å². The van der Waals surface area contributed by atoms with E-state index in [9.17, 15) is 14.0 Å². The van der Waals surface area contributed by atoms with Gasteiger partial charge in [0, 0.05) is 77.1 Å². The number of halogens is 1. The van der Waals surface area contributed by atoms with Gasteiger partial charge in [0.2, 0.25) is 5.91 Å². The minimum Gasteiger partial charge on any atom is -0.465 e. The van der Waals surface area contributed by atoms with Crippen LogP contribution in [0.1, 0.15) is 12.5 Å². The van der Waals surface area contributed by atoms with Gasteiger partial charge in [0.05, 0.1) is 0 Å². The number of anilines is 1. The van der Waals surface area contributed by atoms with Gasteiger partial charge in [0.15, 0.2) is 0 Å². The highest BCUT2D eigenvalue weighted by Gasteiger charge is 2.41. The molecule has 3 heterocycles. The molecule has 3 fully saturated rings. The lowest BCUT2D eigenvalue weighted by Crippen LogP contribution is -2.48. The summed E-state index contributed by atoms with van der Waals surface area (Å²) < 4.78 is 14.7. The Labute approximate surface area is 164 Å². The lowest BCUT2D eigenvalue weighted by atomic mass is 10.0. The van der Waals surface area contributed by atoms with Gasteiger partial charge < -0.3 is 19.8 Å². The van der Waals surface area contributed by atoms with Gasteiger partial charge in [-0.25, -0.2) is 9.18 Å². The molecule has 0 aliphatic carbocycles. The normalized spacial score (nSPS) is 25.3. The summed E-state index contributed by atoms with van der Waals surface area (Å²) in [5.41, 5.74) is 1.54. The van der Waals surface area contributed by atoms with Crippen molar-refractivity contribution in [3.05, 3.63) is 29.6 Å². The van der Waals surface area contributed by atoms with E-state index in [0.29, 0.717) is 63.2 Å². The van der Waals surface area contributed by atoms with Crippen molar-refractivity contribution in [2.24, 2.45) is 11.8 Å². The highest BCUT2D eigenvalue weighted by atomic mass is 19.1. The predicted molar refractivity (Wildman–Crippen MR) is 103 cm³/mol. The van der Waals surface area contributed by atoms with Crippen LogP contribution in [0.5, 0.6) is 0 Å². The maximum absolute atomic E-state index is 14.7. The number of likely N-dealkylation sites (tertiary alicyclic amines) is 2. The molecular weight excluding hydrogens is 363 g/mol. The third-order valence-electron chi connectivity index (χ3n) is 6.35. The van der Waals surface area contributed by atoms with Crippen molar-refractivity contribution >= 4 is 17.7 Å². The van der Waals surface area contributed by atoms with Crippen LogP contribution in [0.15, 0.2) is 18.2 Å². The summed E-state index contributed by atoms with van der Waals surface area (Å²) in [6.07, 6.45) is -0.841. The molecule has 0 aromatic heterocycles. The van der Waals surface area contributed by atoms with E-state index in [0.717, 1.165) is 18.8 Å². The quantitative estimate of drug-likeness (QED) is 0.848. The third kappa shape index (κ3) is 3.78. The summed E-state index contributed by atoms with van der Waals surface area (Å²) in [6.45, 7) is 7.73. The molecule has 1 aromatic carbocycles. The van der Waals surface area contributed by atoms with Crippen molar-refractivity contribution in [2.45, 2.75) is 13.5 Å². The largest absolute Gasteiger partial charge is 0.465 e. The Bertz CT molecular complexity index is 752. The Hall–Kier alpha value is -2.35. The molecule has 2 amide bonds. The molecule has 8 heteroatoms. The van der Waals surface area contributed by atoms with Crippen LogP contribution in [0.3, 0.4) is 0 Å². The van der Waals surface area contributed by atoms with Gasteiger partial charge in [0.25, 0.3) is 0 Å². The number of carboxylic acid groups (broad SMARTS) is 1. The molecule has 1 N–H and O–H groups in total. The van der Waals surface area contributed by atoms with Crippen molar-refractivity contribution < 1.29 is 19.1 Å². The summed E-state index contributed by atoms with van der Waals surface area (Å²) in [5, 5.41) is 9.12. The Morgan fingerprint density at radius 1 is 1.04 bits per heavy atom. The first-order valence-corrected chi connectivity index (χ1v) is 9.90. The van der Waals surface area contributed by atoms with E-state index >= 15 is 0 Å². The van der Waals surface area contributed by atoms with Crippen LogP contribution >= 0.6 is 0 Å². The summed E-state index contributed by atoms with van der Waals surface area (Å²) in [5.74, 6) is 0.603. The molecule has 0 spiro atoms. The van der Waals surface area contributed by atoms with Crippen molar-refractivity contribution in [1.82, 2.24) is 14.7 Å². The lowest BCUT2D eigenvalue weighted by molar-refractivity contribution is -0.129. The first-order chi connectivity index (χ1) is 13.4. The summed E-state index contributed by atoms with van der Waals surface area (Å²) in [6, 6.07) is 5.42. The molecule has 3 aliphatic rings. The fourth-order valence-electron chi connectivity index (χ4n) is 4.76. The van der Waals surface area contributed by atoms with Crippen molar-refractivity contribution in [3.63, 3.8) is 0 Å². The number of carbonyl (C=O) groups is 2. The molecule has 2 unspecified atom stereocenters. The van der Waals surface area contributed by atoms with Gasteiger partial charge in [-0.15, -0.1) is 0 Å². The second-order valence-electron chi connectivity index (χ2n) is 8.17. The van der Waals surface area contributed by atoms with E-state index in [4.69, 9.17) is 5.11 Å². The topological polar surface area (TPSA) is 67.3 Å². The molecular formula is C20H27FN4O3. The van der Waals surface area contributed by atoms with Crippen LogP contribution < -0.4 is 4.90 Å². The Morgan fingerprint density at radius 3 is 2.21 bits per heavy atom. The second kappa shape index (κ2) is 7.58. The Morgan fingerprint density at radius 2 is 1.68 bits per heavy atom. The summed E-state index contributed by atoms with van der Waals surface area (Å²) in [7, 11) is 0. The molecule has 2 atom stereocenters. The monoisotopic (exact) mass is 390 g/mol. The molecule has 0 radical (unpaired) electrons. The van der Waals surface area contributed by atoms with Crippen LogP contribution in [-0.4, -0.2) is 84.2 Å². The molecule has 3 saturated heterocycles. The van der Waals surface area contributed by atoms with Gasteiger partial charge in [0.1, 0.15) is 5.82 Å². The number of carbonyl (C=O) groups excluding carboxylic acids is 1. The number of piperazine rings is 1. The predicted octanol–water partition coefficient (Wildman–Crippen LogP) is 1.54. The molecule has 4 rings (SSSR count). The highest BCUT2D eigenvalue weighted by Crippen LogP contribution is 2.32. The van der Waals surface area contributed by atoms with Gasteiger partial charge >= 0.3 is 6.09 Å².